The Balaban J connectivity index is 1.09. The van der Waals surface area contributed by atoms with Gasteiger partial charge in [-0.15, -0.1) is 0 Å². The van der Waals surface area contributed by atoms with Gasteiger partial charge in [0.2, 0.25) is 0 Å². The second kappa shape index (κ2) is 18.3. The van der Waals surface area contributed by atoms with Crippen molar-refractivity contribution in [2.75, 3.05) is 9.80 Å². The zero-order valence-electron chi connectivity index (χ0n) is 40.0. The van der Waals surface area contributed by atoms with Crippen molar-refractivity contribution in [3.05, 3.63) is 119 Å². The Morgan fingerprint density at radius 2 is 1.37 bits per heavy atom. The summed E-state index contributed by atoms with van der Waals surface area (Å²) in [6, 6.07) is 19.5. The highest BCUT2D eigenvalue weighted by Gasteiger charge is 2.58. The predicted molar refractivity (Wildman–Crippen MR) is 261 cm³/mol. The molecule has 0 aromatic heterocycles. The molecule has 3 aromatic carbocycles. The number of unbranched alkanes of at least 4 members (excludes halogenated alkanes) is 3. The van der Waals surface area contributed by atoms with E-state index in [0.29, 0.717) is 47.7 Å². The van der Waals surface area contributed by atoms with Crippen LogP contribution in [0.4, 0.5) is 11.4 Å². The fourth-order valence-electron chi connectivity index (χ4n) is 12.3. The van der Waals surface area contributed by atoms with E-state index in [2.05, 4.69) is 171 Å². The van der Waals surface area contributed by atoms with Crippen molar-refractivity contribution < 1.29 is 0 Å². The van der Waals surface area contributed by atoms with Crippen LogP contribution in [0.3, 0.4) is 0 Å². The molecule has 0 spiro atoms. The summed E-state index contributed by atoms with van der Waals surface area (Å²) in [7, 11) is 0. The minimum absolute atomic E-state index is 0.244. The van der Waals surface area contributed by atoms with Gasteiger partial charge >= 0.3 is 0 Å². The SMILES string of the molecule is C=C(CCCCCCC(C)(C(C)C)[C@H]1C2CCCCC2C2N(c3c(C(C)C)ccc4c3-c3cccc(C(C)C)c3C4)C=CN21)N(/C=C\C)c1c(C(C)C)cccc1C(C)C. The van der Waals surface area contributed by atoms with Crippen LogP contribution in [0, 0.1) is 23.2 Å². The first-order chi connectivity index (χ1) is 28.7. The molecule has 0 bridgehead atoms. The van der Waals surface area contributed by atoms with Crippen LogP contribution < -0.4 is 9.80 Å². The normalized spacial score (nSPS) is 21.8. The Morgan fingerprint density at radius 3 is 2.00 bits per heavy atom. The molecule has 1 saturated heterocycles. The van der Waals surface area contributed by atoms with Gasteiger partial charge in [0.25, 0.3) is 0 Å². The summed E-state index contributed by atoms with van der Waals surface area (Å²) in [5.74, 6) is 3.96. The number of anilines is 2. The molecule has 60 heavy (non-hydrogen) atoms. The number of hydrogen-bond acceptors (Lipinski definition) is 3. The summed E-state index contributed by atoms with van der Waals surface area (Å²) in [5.41, 5.74) is 16.3. The van der Waals surface area contributed by atoms with E-state index in [-0.39, 0.29) is 5.41 Å². The largest absolute Gasteiger partial charge is 0.352 e. The average molecular weight is 808 g/mol. The van der Waals surface area contributed by atoms with Gasteiger partial charge in [-0.25, -0.2) is 0 Å². The summed E-state index contributed by atoms with van der Waals surface area (Å²) in [6.07, 6.45) is 23.8. The minimum Gasteiger partial charge on any atom is -0.352 e. The number of fused-ring (bicyclic) bond motifs is 6. The van der Waals surface area contributed by atoms with E-state index >= 15 is 0 Å². The van der Waals surface area contributed by atoms with Gasteiger partial charge in [-0.2, -0.15) is 0 Å². The van der Waals surface area contributed by atoms with Crippen LogP contribution in [0.25, 0.3) is 11.1 Å². The molecule has 2 aliphatic heterocycles. The Bertz CT molecular complexity index is 2020. The Kier molecular flexibility index (Phi) is 13.5. The summed E-state index contributed by atoms with van der Waals surface area (Å²) < 4.78 is 0. The molecule has 2 aliphatic carbocycles. The van der Waals surface area contributed by atoms with Gasteiger partial charge < -0.3 is 14.7 Å². The van der Waals surface area contributed by atoms with E-state index < -0.39 is 0 Å². The van der Waals surface area contributed by atoms with Gasteiger partial charge in [-0.3, -0.25) is 0 Å². The highest BCUT2D eigenvalue weighted by Crippen LogP contribution is 2.58. The topological polar surface area (TPSA) is 9.72 Å². The molecule has 5 atom stereocenters. The van der Waals surface area contributed by atoms with Crippen LogP contribution in [-0.2, 0) is 6.42 Å². The van der Waals surface area contributed by atoms with Gasteiger partial charge in [0.1, 0.15) is 6.17 Å². The maximum absolute atomic E-state index is 4.70. The number of nitrogens with zero attached hydrogens (tertiary/aromatic N) is 3. The standard InChI is InChI=1S/C57H81N3/c1-14-33-58(53-45(38(4)5)27-22-28-46(53)39(6)7)42(12)23-17-15-16-20-32-57(13,41(10)11)55-49-24-18-19-25-50(49)56-59(34-35-60(55)56)54-47(40(8)9)31-30-43-36-51-44(37(2)3)26-21-29-48(51)52(43)54/h14,21-22,26-31,33-35,37-41,49-50,55-56H,12,15-20,23-25,32,36H2,1-11,13H3/b33-14-/t49?,50?,55-,56?,57?/m1/s1. The van der Waals surface area contributed by atoms with E-state index in [4.69, 9.17) is 6.58 Å². The lowest BCUT2D eigenvalue weighted by Crippen LogP contribution is -2.49. The third-order valence-electron chi connectivity index (χ3n) is 15.8. The molecule has 3 nitrogen and oxygen atoms in total. The van der Waals surface area contributed by atoms with E-state index in [1.165, 1.54) is 114 Å². The Morgan fingerprint density at radius 1 is 0.750 bits per heavy atom. The van der Waals surface area contributed by atoms with Crippen molar-refractivity contribution in [2.24, 2.45) is 23.2 Å². The molecule has 3 heteroatoms. The highest BCUT2D eigenvalue weighted by molar-refractivity contribution is 5.91. The molecule has 4 unspecified atom stereocenters. The number of para-hydroxylation sites is 1. The van der Waals surface area contributed by atoms with E-state index in [0.717, 1.165) is 18.8 Å². The first-order valence-corrected chi connectivity index (χ1v) is 24.5. The maximum Gasteiger partial charge on any atom is 0.109 e. The third kappa shape index (κ3) is 8.06. The van der Waals surface area contributed by atoms with Gasteiger partial charge in [0, 0.05) is 41.8 Å². The van der Waals surface area contributed by atoms with E-state index in [1.54, 1.807) is 5.56 Å². The van der Waals surface area contributed by atoms with E-state index in [9.17, 15) is 0 Å². The van der Waals surface area contributed by atoms with Crippen LogP contribution in [0.15, 0.2) is 85.5 Å². The number of rotatable bonds is 17. The molecule has 0 amide bonds. The number of hydrogen-bond donors (Lipinski definition) is 0. The predicted octanol–water partition coefficient (Wildman–Crippen LogP) is 16.4. The molecule has 0 N–H and O–H groups in total. The number of allylic oxidation sites excluding steroid dienone is 2. The average Bonchev–Trinajstić information content (AvgIpc) is 3.91. The molecule has 4 aliphatic rings. The lowest BCUT2D eigenvalue weighted by Gasteiger charge is -2.47. The molecule has 3 aromatic rings. The van der Waals surface area contributed by atoms with Crippen LogP contribution in [-0.4, -0.2) is 17.1 Å². The monoisotopic (exact) mass is 808 g/mol. The maximum atomic E-state index is 4.70. The number of benzene rings is 3. The van der Waals surface area contributed by atoms with E-state index in [1.807, 2.05) is 0 Å². The molecule has 7 rings (SSSR count). The summed E-state index contributed by atoms with van der Waals surface area (Å²) in [6.45, 7) is 33.4. The van der Waals surface area contributed by atoms with Gasteiger partial charge in [0.15, 0.2) is 0 Å². The molecule has 0 radical (unpaired) electrons. The molecule has 2 heterocycles. The van der Waals surface area contributed by atoms with Crippen LogP contribution in [0.1, 0.15) is 204 Å². The van der Waals surface area contributed by atoms with Crippen molar-refractivity contribution in [3.63, 3.8) is 0 Å². The van der Waals surface area contributed by atoms with Crippen molar-refractivity contribution >= 4 is 11.4 Å². The Hall–Kier alpha value is -3.72. The van der Waals surface area contributed by atoms with Crippen molar-refractivity contribution in [1.82, 2.24) is 4.90 Å². The molecule has 2 fully saturated rings. The van der Waals surface area contributed by atoms with Crippen molar-refractivity contribution in [2.45, 2.75) is 190 Å². The summed E-state index contributed by atoms with van der Waals surface area (Å²) in [5, 5.41) is 0. The molecule has 324 valence electrons. The van der Waals surface area contributed by atoms with Gasteiger partial charge in [-0.05, 0) is 125 Å². The second-order valence-electron chi connectivity index (χ2n) is 21.1. The summed E-state index contributed by atoms with van der Waals surface area (Å²) in [4.78, 5) is 8.15. The molecular weight excluding hydrogens is 727 g/mol. The van der Waals surface area contributed by atoms with Crippen LogP contribution in [0.5, 0.6) is 0 Å². The summed E-state index contributed by atoms with van der Waals surface area (Å²) >= 11 is 0. The van der Waals surface area contributed by atoms with Gasteiger partial charge in [0.05, 0.1) is 11.4 Å². The fraction of sp³-hybridized carbons (Fsp3) is 0.579. The van der Waals surface area contributed by atoms with Crippen LogP contribution in [0.2, 0.25) is 0 Å². The van der Waals surface area contributed by atoms with Gasteiger partial charge in [-0.1, -0.05) is 169 Å². The fourth-order valence-corrected chi connectivity index (χ4v) is 12.3. The molecular formula is C57H81N3. The Labute approximate surface area is 367 Å². The second-order valence-corrected chi connectivity index (χ2v) is 21.1. The molecule has 1 saturated carbocycles. The zero-order chi connectivity index (χ0) is 43.0. The first-order valence-electron chi connectivity index (χ1n) is 24.5. The first kappa shape index (κ1) is 44.3. The quantitative estimate of drug-likeness (QED) is 0.0984. The highest BCUT2D eigenvalue weighted by atomic mass is 15.4. The smallest absolute Gasteiger partial charge is 0.109 e. The third-order valence-corrected chi connectivity index (χ3v) is 15.8. The van der Waals surface area contributed by atoms with Crippen molar-refractivity contribution in [3.8, 4) is 11.1 Å². The van der Waals surface area contributed by atoms with Crippen LogP contribution >= 0.6 is 0 Å². The van der Waals surface area contributed by atoms with Crippen molar-refractivity contribution in [1.29, 1.82) is 0 Å². The zero-order valence-corrected chi connectivity index (χ0v) is 40.0. The lowest BCUT2D eigenvalue weighted by molar-refractivity contribution is 0.0424. The minimum atomic E-state index is 0.244. The lowest BCUT2D eigenvalue weighted by atomic mass is 9.62.